The minimum absolute atomic E-state index is 0.0424. The summed E-state index contributed by atoms with van der Waals surface area (Å²) >= 11 is 3.43. The summed E-state index contributed by atoms with van der Waals surface area (Å²) in [5.74, 6) is 0.254. The molecule has 4 nitrogen and oxygen atoms in total. The zero-order valence-corrected chi connectivity index (χ0v) is 13.1. The van der Waals surface area contributed by atoms with Crippen LogP contribution in [0.25, 0.3) is 11.0 Å². The molecule has 0 atom stereocenters. The molecule has 1 aliphatic rings. The van der Waals surface area contributed by atoms with Gasteiger partial charge in [-0.1, -0.05) is 13.8 Å². The smallest absolute Gasteiger partial charge is 0.225 e. The van der Waals surface area contributed by atoms with Crippen LogP contribution in [0.4, 0.5) is 0 Å². The van der Waals surface area contributed by atoms with Crippen molar-refractivity contribution < 1.29 is 4.79 Å². The second-order valence-electron chi connectivity index (χ2n) is 5.46. The van der Waals surface area contributed by atoms with Gasteiger partial charge >= 0.3 is 0 Å². The van der Waals surface area contributed by atoms with Crippen molar-refractivity contribution in [1.29, 1.82) is 0 Å². The van der Waals surface area contributed by atoms with Crippen molar-refractivity contribution in [3.63, 3.8) is 0 Å². The molecule has 0 aromatic carbocycles. The molecular weight excluding hydrogens is 318 g/mol. The quantitative estimate of drug-likeness (QED) is 0.806. The first-order valence-electron chi connectivity index (χ1n) is 6.77. The number of amides is 1. The zero-order chi connectivity index (χ0) is 14.3. The molecule has 0 unspecified atom stereocenters. The van der Waals surface area contributed by atoms with E-state index in [1.807, 2.05) is 24.8 Å². The maximum Gasteiger partial charge on any atom is 0.225 e. The van der Waals surface area contributed by atoms with Gasteiger partial charge in [0.2, 0.25) is 5.91 Å². The number of nitrogens with zero attached hydrogens (tertiary/aromatic N) is 3. The summed E-state index contributed by atoms with van der Waals surface area (Å²) in [5.41, 5.74) is 2.98. The summed E-state index contributed by atoms with van der Waals surface area (Å²) in [5, 5.41) is 1.01. The minimum atomic E-state index is 0.0424. The Morgan fingerprint density at radius 2 is 2.20 bits per heavy atom. The number of halogens is 1. The van der Waals surface area contributed by atoms with Gasteiger partial charge in [-0.05, 0) is 33.6 Å². The van der Waals surface area contributed by atoms with Crippen molar-refractivity contribution in [2.24, 2.45) is 5.92 Å². The molecule has 0 radical (unpaired) electrons. The van der Waals surface area contributed by atoms with Gasteiger partial charge in [0.05, 0.1) is 0 Å². The van der Waals surface area contributed by atoms with Crippen molar-refractivity contribution in [3.8, 4) is 0 Å². The fourth-order valence-corrected chi connectivity index (χ4v) is 2.90. The highest BCUT2D eigenvalue weighted by molar-refractivity contribution is 9.10. The van der Waals surface area contributed by atoms with Gasteiger partial charge in [-0.3, -0.25) is 4.79 Å². The van der Waals surface area contributed by atoms with Crippen LogP contribution in [0.2, 0.25) is 0 Å². The Morgan fingerprint density at radius 1 is 1.40 bits per heavy atom. The topological polar surface area (TPSA) is 46.1 Å². The van der Waals surface area contributed by atoms with E-state index in [0.717, 1.165) is 39.7 Å². The molecule has 0 aliphatic carbocycles. The molecule has 0 N–H and O–H groups in total. The monoisotopic (exact) mass is 333 g/mol. The van der Waals surface area contributed by atoms with E-state index in [1.54, 1.807) is 6.20 Å². The van der Waals surface area contributed by atoms with Gasteiger partial charge in [-0.25, -0.2) is 9.97 Å². The van der Waals surface area contributed by atoms with Gasteiger partial charge in [-0.15, -0.1) is 0 Å². The molecule has 2 aromatic rings. The first-order chi connectivity index (χ1) is 9.54. The summed E-state index contributed by atoms with van der Waals surface area (Å²) in [6.07, 6.45) is 2.57. The van der Waals surface area contributed by atoms with Crippen molar-refractivity contribution in [3.05, 3.63) is 34.1 Å². The summed E-state index contributed by atoms with van der Waals surface area (Å²) in [4.78, 5) is 23.0. The molecule has 1 amide bonds. The third-order valence-electron chi connectivity index (χ3n) is 3.59. The highest BCUT2D eigenvalue weighted by Crippen LogP contribution is 2.24. The summed E-state index contributed by atoms with van der Waals surface area (Å²) in [6, 6.07) is 4.12. The number of aromatic nitrogens is 2. The number of hydrogen-bond donors (Lipinski definition) is 0. The maximum absolute atomic E-state index is 12.1. The Labute approximate surface area is 126 Å². The predicted molar refractivity (Wildman–Crippen MR) is 81.2 cm³/mol. The van der Waals surface area contributed by atoms with Gasteiger partial charge in [0.1, 0.15) is 0 Å². The number of fused-ring (bicyclic) bond motifs is 2. The van der Waals surface area contributed by atoms with E-state index in [4.69, 9.17) is 0 Å². The molecule has 0 bridgehead atoms. The molecule has 0 saturated carbocycles. The number of carbonyl (C=O) groups is 1. The van der Waals surface area contributed by atoms with Gasteiger partial charge < -0.3 is 4.90 Å². The van der Waals surface area contributed by atoms with Gasteiger partial charge in [0, 0.05) is 47.2 Å². The standard InChI is InChI=1S/C15H16BrN3O/c1-9(2)15(20)19-4-3-13-11(8-19)5-10-6-12(16)7-17-14(10)18-13/h5-7,9H,3-4,8H2,1-2H3. The Balaban J connectivity index is 1.98. The van der Waals surface area contributed by atoms with Gasteiger partial charge in [0.25, 0.3) is 0 Å². The second kappa shape index (κ2) is 5.13. The van der Waals surface area contributed by atoms with Crippen LogP contribution < -0.4 is 0 Å². The first-order valence-corrected chi connectivity index (χ1v) is 7.57. The molecule has 104 valence electrons. The van der Waals surface area contributed by atoms with Gasteiger partial charge in [-0.2, -0.15) is 0 Å². The summed E-state index contributed by atoms with van der Waals surface area (Å²) < 4.78 is 0.942. The lowest BCUT2D eigenvalue weighted by Crippen LogP contribution is -2.38. The molecule has 1 aliphatic heterocycles. The van der Waals surface area contributed by atoms with Crippen LogP contribution >= 0.6 is 15.9 Å². The van der Waals surface area contributed by atoms with E-state index in [1.165, 1.54) is 0 Å². The zero-order valence-electron chi connectivity index (χ0n) is 11.6. The Morgan fingerprint density at radius 3 is 2.95 bits per heavy atom. The maximum atomic E-state index is 12.1. The van der Waals surface area contributed by atoms with Crippen molar-refractivity contribution in [2.45, 2.75) is 26.8 Å². The van der Waals surface area contributed by atoms with Crippen LogP contribution in [0.5, 0.6) is 0 Å². The fraction of sp³-hybridized carbons (Fsp3) is 0.400. The molecule has 20 heavy (non-hydrogen) atoms. The third-order valence-corrected chi connectivity index (χ3v) is 4.02. The highest BCUT2D eigenvalue weighted by Gasteiger charge is 2.23. The molecule has 3 heterocycles. The number of rotatable bonds is 1. The van der Waals surface area contributed by atoms with Crippen LogP contribution in [0.15, 0.2) is 22.8 Å². The third kappa shape index (κ3) is 2.42. The average Bonchev–Trinajstić information content (AvgIpc) is 2.43. The van der Waals surface area contributed by atoms with Gasteiger partial charge in [0.15, 0.2) is 5.65 Å². The Hall–Kier alpha value is -1.49. The second-order valence-corrected chi connectivity index (χ2v) is 6.37. The van der Waals surface area contributed by atoms with E-state index in [-0.39, 0.29) is 11.8 Å². The molecule has 0 spiro atoms. The number of carbonyl (C=O) groups excluding carboxylic acids is 1. The largest absolute Gasteiger partial charge is 0.338 e. The number of hydrogen-bond acceptors (Lipinski definition) is 3. The van der Waals surface area contributed by atoms with E-state index in [0.29, 0.717) is 6.54 Å². The van der Waals surface area contributed by atoms with E-state index >= 15 is 0 Å². The number of pyridine rings is 2. The molecule has 2 aromatic heterocycles. The lowest BCUT2D eigenvalue weighted by molar-refractivity contribution is -0.135. The van der Waals surface area contributed by atoms with Crippen LogP contribution in [0, 0.1) is 5.92 Å². The van der Waals surface area contributed by atoms with Crippen molar-refractivity contribution >= 4 is 32.9 Å². The van der Waals surface area contributed by atoms with Crippen LogP contribution in [-0.4, -0.2) is 27.3 Å². The van der Waals surface area contributed by atoms with Crippen molar-refractivity contribution in [1.82, 2.24) is 14.9 Å². The predicted octanol–water partition coefficient (Wildman–Crippen LogP) is 2.93. The fourth-order valence-electron chi connectivity index (χ4n) is 2.55. The molecule has 0 fully saturated rings. The van der Waals surface area contributed by atoms with Crippen LogP contribution in [0.3, 0.4) is 0 Å². The Kier molecular flexibility index (Phi) is 3.46. The van der Waals surface area contributed by atoms with Crippen LogP contribution in [-0.2, 0) is 17.8 Å². The molecule has 0 saturated heterocycles. The van der Waals surface area contributed by atoms with Crippen molar-refractivity contribution in [2.75, 3.05) is 6.54 Å². The van der Waals surface area contributed by atoms with E-state index < -0.39 is 0 Å². The lowest BCUT2D eigenvalue weighted by atomic mass is 10.0. The molecule has 3 rings (SSSR count). The Bertz CT molecular complexity index is 684. The average molecular weight is 334 g/mol. The first kappa shape index (κ1) is 13.5. The minimum Gasteiger partial charge on any atom is -0.338 e. The molecule has 5 heteroatoms. The highest BCUT2D eigenvalue weighted by atomic mass is 79.9. The van der Waals surface area contributed by atoms with E-state index in [2.05, 4.69) is 32.0 Å². The summed E-state index contributed by atoms with van der Waals surface area (Å²) in [6.45, 7) is 5.29. The SMILES string of the molecule is CC(C)C(=O)N1CCc2nc3ncc(Br)cc3cc2C1. The summed E-state index contributed by atoms with van der Waals surface area (Å²) in [7, 11) is 0. The van der Waals surface area contributed by atoms with Crippen LogP contribution in [0.1, 0.15) is 25.1 Å². The normalized spacial score (nSPS) is 14.7. The lowest BCUT2D eigenvalue weighted by Gasteiger charge is -2.29. The van der Waals surface area contributed by atoms with E-state index in [9.17, 15) is 4.79 Å². The molecular formula is C15H16BrN3O.